The number of halogens is 2. The summed E-state index contributed by atoms with van der Waals surface area (Å²) in [6.07, 6.45) is 1.19. The lowest BCUT2D eigenvalue weighted by atomic mass is 9.74. The maximum absolute atomic E-state index is 14.0. The van der Waals surface area contributed by atoms with Gasteiger partial charge in [0.25, 0.3) is 5.69 Å². The Morgan fingerprint density at radius 3 is 2.46 bits per heavy atom. The van der Waals surface area contributed by atoms with E-state index in [2.05, 4.69) is 6.07 Å². The Hall–Kier alpha value is -4.49. The number of carbonyl (C=O) groups is 1. The number of hydrogen-bond donors (Lipinski definition) is 1. The first-order valence-electron chi connectivity index (χ1n) is 13.0. The van der Waals surface area contributed by atoms with Crippen molar-refractivity contribution in [3.63, 3.8) is 0 Å². The molecule has 0 amide bonds. The number of Topliss-reactive ketones (excluding diaryl/α,β-unsaturated/α-hetero) is 1. The van der Waals surface area contributed by atoms with Crippen molar-refractivity contribution in [1.82, 2.24) is 0 Å². The van der Waals surface area contributed by atoms with E-state index in [1.54, 1.807) is 23.9 Å². The Bertz CT molecular complexity index is 1690. The van der Waals surface area contributed by atoms with Gasteiger partial charge in [-0.15, -0.1) is 11.8 Å². The number of hydrogen-bond acceptors (Lipinski definition) is 7. The van der Waals surface area contributed by atoms with Crippen LogP contribution >= 0.6 is 11.8 Å². The monoisotopic (exact) mass is 572 g/mol. The SMILES string of the molecule is Cc1cc(C)c(C2C(C#N)=C(N)N(c3ccc(F)cc3[N+](=O)[O-])C3=C2C(=O)CCC3)cc1CSc1ccc(F)cc1. The number of nitrogens with two attached hydrogens (primary N) is 1. The second-order valence-corrected chi connectivity index (χ2v) is 11.1. The molecule has 1 unspecified atom stereocenters. The van der Waals surface area contributed by atoms with E-state index in [0.29, 0.717) is 29.9 Å². The molecule has 0 fully saturated rings. The van der Waals surface area contributed by atoms with E-state index in [1.165, 1.54) is 23.1 Å². The first-order valence-corrected chi connectivity index (χ1v) is 14.0. The van der Waals surface area contributed by atoms with E-state index in [0.717, 1.165) is 39.3 Å². The predicted molar refractivity (Wildman–Crippen MR) is 153 cm³/mol. The molecule has 3 aromatic carbocycles. The molecule has 5 rings (SSSR count). The molecule has 1 heterocycles. The van der Waals surface area contributed by atoms with Gasteiger partial charge >= 0.3 is 0 Å². The maximum Gasteiger partial charge on any atom is 0.296 e. The number of ketones is 1. The van der Waals surface area contributed by atoms with Gasteiger partial charge in [0.2, 0.25) is 0 Å². The van der Waals surface area contributed by atoms with E-state index in [1.807, 2.05) is 26.0 Å². The number of allylic oxidation sites excluding steroid dienone is 3. The van der Waals surface area contributed by atoms with Gasteiger partial charge in [-0.2, -0.15) is 5.26 Å². The van der Waals surface area contributed by atoms with E-state index < -0.39 is 22.3 Å². The minimum atomic E-state index is -0.784. The van der Waals surface area contributed by atoms with Crippen LogP contribution in [0.1, 0.15) is 47.4 Å². The van der Waals surface area contributed by atoms with Crippen LogP contribution in [0.2, 0.25) is 0 Å². The number of thioether (sulfide) groups is 1. The van der Waals surface area contributed by atoms with Crippen molar-refractivity contribution >= 4 is 28.9 Å². The van der Waals surface area contributed by atoms with E-state index in [4.69, 9.17) is 5.73 Å². The molecule has 0 radical (unpaired) electrons. The standard InChI is InChI=1S/C31H26F2N4O3S/c1-17-12-18(2)23(13-19(17)16-41-22-9-6-20(32)7-10-22)29-24(15-34)31(35)36(26-4-3-5-28(38)30(26)29)25-11-8-21(33)14-27(25)37(39)40/h6-14,29H,3-5,16,35H2,1-2H3. The molecule has 0 bridgehead atoms. The smallest absolute Gasteiger partial charge is 0.296 e. The fourth-order valence-electron chi connectivity index (χ4n) is 5.58. The summed E-state index contributed by atoms with van der Waals surface area (Å²) >= 11 is 1.54. The highest BCUT2D eigenvalue weighted by Crippen LogP contribution is 2.49. The van der Waals surface area contributed by atoms with Crippen LogP contribution in [0.25, 0.3) is 0 Å². The Morgan fingerprint density at radius 1 is 1.07 bits per heavy atom. The molecular weight excluding hydrogens is 546 g/mol. The van der Waals surface area contributed by atoms with Gasteiger partial charge in [-0.25, -0.2) is 8.78 Å². The Balaban J connectivity index is 1.66. The summed E-state index contributed by atoms with van der Waals surface area (Å²) < 4.78 is 27.4. The zero-order chi connectivity index (χ0) is 29.4. The van der Waals surface area contributed by atoms with E-state index >= 15 is 0 Å². The maximum atomic E-state index is 14.0. The molecular formula is C31H26F2N4O3S. The van der Waals surface area contributed by atoms with Gasteiger partial charge in [0.15, 0.2) is 5.78 Å². The molecule has 0 saturated carbocycles. The molecule has 10 heteroatoms. The highest BCUT2D eigenvalue weighted by molar-refractivity contribution is 7.98. The molecule has 0 spiro atoms. The lowest BCUT2D eigenvalue weighted by Crippen LogP contribution is -2.39. The van der Waals surface area contributed by atoms with Crippen LogP contribution in [0, 0.1) is 46.9 Å². The van der Waals surface area contributed by atoms with Crippen molar-refractivity contribution in [2.24, 2.45) is 5.73 Å². The highest BCUT2D eigenvalue weighted by atomic mass is 32.2. The first kappa shape index (κ1) is 28.1. The Kier molecular flexibility index (Phi) is 7.65. The van der Waals surface area contributed by atoms with Gasteiger partial charge < -0.3 is 5.73 Å². The fraction of sp³-hybridized carbons (Fsp3) is 0.226. The molecule has 3 aromatic rings. The fourth-order valence-corrected chi connectivity index (χ4v) is 6.54. The number of benzene rings is 3. The van der Waals surface area contributed by atoms with E-state index in [9.17, 15) is 29.0 Å². The minimum Gasteiger partial charge on any atom is -0.384 e. The summed E-state index contributed by atoms with van der Waals surface area (Å²) in [5.41, 5.74) is 10.7. The number of nitro groups is 1. The van der Waals surface area contributed by atoms with Crippen LogP contribution in [-0.2, 0) is 10.5 Å². The summed E-state index contributed by atoms with van der Waals surface area (Å²) in [7, 11) is 0. The molecule has 7 nitrogen and oxygen atoms in total. The van der Waals surface area contributed by atoms with Gasteiger partial charge in [-0.1, -0.05) is 12.1 Å². The van der Waals surface area contributed by atoms with Crippen LogP contribution in [0.15, 0.2) is 82.2 Å². The molecule has 2 aliphatic rings. The molecule has 41 heavy (non-hydrogen) atoms. The van der Waals surface area contributed by atoms with Crippen LogP contribution in [0.5, 0.6) is 0 Å². The van der Waals surface area contributed by atoms with Gasteiger partial charge in [0.05, 0.1) is 28.5 Å². The third-order valence-electron chi connectivity index (χ3n) is 7.53. The van der Waals surface area contributed by atoms with Crippen molar-refractivity contribution in [2.75, 3.05) is 4.90 Å². The number of rotatable bonds is 6. The topological polar surface area (TPSA) is 113 Å². The first-order chi connectivity index (χ1) is 19.6. The van der Waals surface area contributed by atoms with Crippen molar-refractivity contribution < 1.29 is 18.5 Å². The van der Waals surface area contributed by atoms with Gasteiger partial charge in [-0.05, 0) is 85.3 Å². The second-order valence-electron chi connectivity index (χ2n) is 10.1. The second kappa shape index (κ2) is 11.2. The van der Waals surface area contributed by atoms with Crippen molar-refractivity contribution in [2.45, 2.75) is 49.7 Å². The van der Waals surface area contributed by atoms with Crippen LogP contribution in [0.4, 0.5) is 20.2 Å². The number of aryl methyl sites for hydroxylation is 2. The third kappa shape index (κ3) is 5.21. The lowest BCUT2D eigenvalue weighted by molar-refractivity contribution is -0.384. The van der Waals surface area contributed by atoms with Crippen LogP contribution in [-0.4, -0.2) is 10.7 Å². The molecule has 1 aliphatic heterocycles. The van der Waals surface area contributed by atoms with Crippen molar-refractivity contribution in [1.29, 1.82) is 5.26 Å². The largest absolute Gasteiger partial charge is 0.384 e. The number of carbonyl (C=O) groups excluding carboxylic acids is 1. The molecule has 0 saturated heterocycles. The number of nitrogens with zero attached hydrogens (tertiary/aromatic N) is 3. The number of nitro benzene ring substituents is 1. The normalized spacial score (nSPS) is 17.0. The predicted octanol–water partition coefficient (Wildman–Crippen LogP) is 7.09. The summed E-state index contributed by atoms with van der Waals surface area (Å²) in [6.45, 7) is 3.90. The Labute approximate surface area is 240 Å². The molecule has 2 N–H and O–H groups in total. The molecule has 1 aliphatic carbocycles. The van der Waals surface area contributed by atoms with Gasteiger partial charge in [0, 0.05) is 28.3 Å². The average molecular weight is 573 g/mol. The summed E-state index contributed by atoms with van der Waals surface area (Å²) in [4.78, 5) is 27.0. The zero-order valence-electron chi connectivity index (χ0n) is 22.4. The molecule has 208 valence electrons. The number of nitriles is 1. The zero-order valence-corrected chi connectivity index (χ0v) is 23.2. The highest BCUT2D eigenvalue weighted by Gasteiger charge is 2.42. The summed E-state index contributed by atoms with van der Waals surface area (Å²) in [5, 5.41) is 22.2. The quantitative estimate of drug-likeness (QED) is 0.191. The lowest BCUT2D eigenvalue weighted by Gasteiger charge is -2.39. The molecule has 1 atom stereocenters. The van der Waals surface area contributed by atoms with Crippen molar-refractivity contribution in [3.8, 4) is 6.07 Å². The summed E-state index contributed by atoms with van der Waals surface area (Å²) in [6, 6.07) is 15.6. The summed E-state index contributed by atoms with van der Waals surface area (Å²) in [5.74, 6) is -1.46. The van der Waals surface area contributed by atoms with Gasteiger partial charge in [0.1, 0.15) is 23.1 Å². The molecule has 0 aromatic heterocycles. The van der Waals surface area contributed by atoms with Crippen LogP contribution < -0.4 is 10.6 Å². The average Bonchev–Trinajstić information content (AvgIpc) is 2.93. The minimum absolute atomic E-state index is 0.000634. The number of anilines is 1. The van der Waals surface area contributed by atoms with Crippen molar-refractivity contribution in [3.05, 3.63) is 121 Å². The van der Waals surface area contributed by atoms with Crippen LogP contribution in [0.3, 0.4) is 0 Å². The Morgan fingerprint density at radius 2 is 1.78 bits per heavy atom. The third-order valence-corrected chi connectivity index (χ3v) is 8.59. The van der Waals surface area contributed by atoms with Gasteiger partial charge in [-0.3, -0.25) is 19.8 Å². The van der Waals surface area contributed by atoms with E-state index in [-0.39, 0.29) is 35.1 Å².